The number of fused-ring (bicyclic) bond motifs is 1. The summed E-state index contributed by atoms with van der Waals surface area (Å²) in [5, 5.41) is 3.35. The predicted octanol–water partition coefficient (Wildman–Crippen LogP) is 2.57. The van der Waals surface area contributed by atoms with E-state index in [-0.39, 0.29) is 18.0 Å². The molecular weight excluding hydrogens is 193 g/mol. The van der Waals surface area contributed by atoms with Gasteiger partial charge in [-0.2, -0.15) is 0 Å². The summed E-state index contributed by atoms with van der Waals surface area (Å²) >= 11 is 0. The molecule has 0 fully saturated rings. The van der Waals surface area contributed by atoms with Crippen LogP contribution in [0, 0.1) is 12.7 Å². The minimum Gasteiger partial charge on any atom is -0.488 e. The third-order valence-corrected chi connectivity index (χ3v) is 2.83. The van der Waals surface area contributed by atoms with Crippen molar-refractivity contribution < 1.29 is 9.13 Å². The first-order chi connectivity index (χ1) is 7.13. The lowest BCUT2D eigenvalue weighted by Gasteiger charge is -2.15. The summed E-state index contributed by atoms with van der Waals surface area (Å²) in [5.74, 6) is 0.481. The van der Waals surface area contributed by atoms with Crippen LogP contribution in [0.25, 0.3) is 0 Å². The number of likely N-dealkylation sites (N-methyl/N-ethyl adjacent to an activating group) is 1. The number of halogens is 1. The lowest BCUT2D eigenvalue weighted by atomic mass is 10.0. The number of nitrogens with one attached hydrogen (secondary N) is 1. The minimum absolute atomic E-state index is 0.0705. The van der Waals surface area contributed by atoms with Crippen molar-refractivity contribution >= 4 is 0 Å². The van der Waals surface area contributed by atoms with Crippen LogP contribution in [0.1, 0.15) is 31.0 Å². The molecule has 1 aromatic carbocycles. The summed E-state index contributed by atoms with van der Waals surface area (Å²) < 4.78 is 18.9. The Hall–Kier alpha value is -1.09. The molecule has 0 saturated heterocycles. The smallest absolute Gasteiger partial charge is 0.129 e. The lowest BCUT2D eigenvalue weighted by Crippen LogP contribution is -2.28. The van der Waals surface area contributed by atoms with Crippen molar-refractivity contribution in [3.8, 4) is 5.75 Å². The van der Waals surface area contributed by atoms with Crippen LogP contribution in [-0.2, 0) is 0 Å². The SMILES string of the molecule is CCNC1c2cc(C)c(F)cc2OC1C. The molecule has 1 aliphatic heterocycles. The number of ether oxygens (including phenoxy) is 1. The Morgan fingerprint density at radius 2 is 2.20 bits per heavy atom. The van der Waals surface area contributed by atoms with Gasteiger partial charge in [0.05, 0.1) is 6.04 Å². The van der Waals surface area contributed by atoms with E-state index in [1.807, 2.05) is 13.0 Å². The quantitative estimate of drug-likeness (QED) is 0.808. The molecule has 0 amide bonds. The van der Waals surface area contributed by atoms with Crippen LogP contribution in [0.4, 0.5) is 4.39 Å². The van der Waals surface area contributed by atoms with E-state index in [1.54, 1.807) is 6.92 Å². The zero-order valence-corrected chi connectivity index (χ0v) is 9.30. The molecule has 1 aromatic rings. The van der Waals surface area contributed by atoms with Gasteiger partial charge in [-0.05, 0) is 32.0 Å². The van der Waals surface area contributed by atoms with E-state index in [0.29, 0.717) is 11.3 Å². The maximum absolute atomic E-state index is 13.3. The Labute approximate surface area is 89.4 Å². The Morgan fingerprint density at radius 1 is 1.47 bits per heavy atom. The van der Waals surface area contributed by atoms with E-state index in [4.69, 9.17) is 4.74 Å². The second kappa shape index (κ2) is 3.81. The maximum atomic E-state index is 13.3. The van der Waals surface area contributed by atoms with Gasteiger partial charge in [0, 0.05) is 11.6 Å². The summed E-state index contributed by atoms with van der Waals surface area (Å²) in [6, 6.07) is 3.55. The van der Waals surface area contributed by atoms with Gasteiger partial charge in [0.15, 0.2) is 0 Å². The van der Waals surface area contributed by atoms with Gasteiger partial charge in [-0.3, -0.25) is 0 Å². The number of hydrogen-bond donors (Lipinski definition) is 1. The molecule has 15 heavy (non-hydrogen) atoms. The predicted molar refractivity (Wildman–Crippen MR) is 57.6 cm³/mol. The zero-order chi connectivity index (χ0) is 11.0. The normalized spacial score (nSPS) is 23.7. The molecule has 3 heteroatoms. The van der Waals surface area contributed by atoms with Crippen molar-refractivity contribution in [2.45, 2.75) is 32.9 Å². The van der Waals surface area contributed by atoms with Gasteiger partial charge in [0.1, 0.15) is 17.7 Å². The minimum atomic E-state index is -0.196. The van der Waals surface area contributed by atoms with Crippen LogP contribution in [-0.4, -0.2) is 12.6 Å². The highest BCUT2D eigenvalue weighted by Crippen LogP contribution is 2.37. The largest absolute Gasteiger partial charge is 0.488 e. The molecule has 0 bridgehead atoms. The van der Waals surface area contributed by atoms with Gasteiger partial charge in [-0.15, -0.1) is 0 Å². The number of hydrogen-bond acceptors (Lipinski definition) is 2. The second-order valence-corrected chi connectivity index (χ2v) is 4.00. The molecule has 1 N–H and O–H groups in total. The van der Waals surface area contributed by atoms with E-state index in [9.17, 15) is 4.39 Å². The molecular formula is C12H16FNO. The van der Waals surface area contributed by atoms with Crippen LogP contribution >= 0.6 is 0 Å². The first-order valence-corrected chi connectivity index (χ1v) is 5.33. The van der Waals surface area contributed by atoms with Gasteiger partial charge in [0.25, 0.3) is 0 Å². The summed E-state index contributed by atoms with van der Waals surface area (Å²) in [4.78, 5) is 0. The number of rotatable bonds is 2. The summed E-state index contributed by atoms with van der Waals surface area (Å²) in [7, 11) is 0. The van der Waals surface area contributed by atoms with Gasteiger partial charge in [0.2, 0.25) is 0 Å². The molecule has 0 spiro atoms. The highest BCUT2D eigenvalue weighted by Gasteiger charge is 2.31. The van der Waals surface area contributed by atoms with Gasteiger partial charge >= 0.3 is 0 Å². The Bertz CT molecular complexity index is 378. The van der Waals surface area contributed by atoms with Crippen LogP contribution in [0.5, 0.6) is 5.75 Å². The van der Waals surface area contributed by atoms with Crippen LogP contribution in [0.2, 0.25) is 0 Å². The topological polar surface area (TPSA) is 21.3 Å². The maximum Gasteiger partial charge on any atom is 0.129 e. The van der Waals surface area contributed by atoms with Gasteiger partial charge in [-0.25, -0.2) is 4.39 Å². The van der Waals surface area contributed by atoms with E-state index in [1.165, 1.54) is 6.07 Å². The van der Waals surface area contributed by atoms with E-state index < -0.39 is 0 Å². The lowest BCUT2D eigenvalue weighted by molar-refractivity contribution is 0.210. The standard InChI is InChI=1S/C12H16FNO/c1-4-14-12-8(3)15-11-6-10(13)7(2)5-9(11)12/h5-6,8,12,14H,4H2,1-3H3. The van der Waals surface area contributed by atoms with Crippen molar-refractivity contribution in [3.63, 3.8) is 0 Å². The highest BCUT2D eigenvalue weighted by molar-refractivity contribution is 5.43. The van der Waals surface area contributed by atoms with E-state index >= 15 is 0 Å². The number of aryl methyl sites for hydroxylation is 1. The summed E-state index contributed by atoms with van der Waals surface area (Å²) in [6.45, 7) is 6.72. The third kappa shape index (κ3) is 1.72. The molecule has 1 aliphatic rings. The van der Waals surface area contributed by atoms with Crippen molar-refractivity contribution in [1.82, 2.24) is 5.32 Å². The Balaban J connectivity index is 2.40. The zero-order valence-electron chi connectivity index (χ0n) is 9.30. The molecule has 0 aromatic heterocycles. The molecule has 2 rings (SSSR count). The van der Waals surface area contributed by atoms with Crippen molar-refractivity contribution in [2.24, 2.45) is 0 Å². The monoisotopic (exact) mass is 209 g/mol. The first-order valence-electron chi connectivity index (χ1n) is 5.33. The molecule has 0 saturated carbocycles. The van der Waals surface area contributed by atoms with Gasteiger partial charge < -0.3 is 10.1 Å². The average Bonchev–Trinajstić information content (AvgIpc) is 2.46. The molecule has 2 atom stereocenters. The molecule has 2 nitrogen and oxygen atoms in total. The van der Waals surface area contributed by atoms with E-state index in [2.05, 4.69) is 12.2 Å². The van der Waals surface area contributed by atoms with Crippen molar-refractivity contribution in [3.05, 3.63) is 29.1 Å². The fourth-order valence-electron chi connectivity index (χ4n) is 2.05. The average molecular weight is 209 g/mol. The first kappa shape index (κ1) is 10.4. The van der Waals surface area contributed by atoms with Crippen LogP contribution in [0.3, 0.4) is 0 Å². The molecule has 2 unspecified atom stereocenters. The Kier molecular flexibility index (Phi) is 2.65. The molecule has 0 aliphatic carbocycles. The third-order valence-electron chi connectivity index (χ3n) is 2.83. The van der Waals surface area contributed by atoms with E-state index in [0.717, 1.165) is 12.1 Å². The van der Waals surface area contributed by atoms with Crippen LogP contribution < -0.4 is 10.1 Å². The number of benzene rings is 1. The highest BCUT2D eigenvalue weighted by atomic mass is 19.1. The molecule has 1 heterocycles. The second-order valence-electron chi connectivity index (χ2n) is 4.00. The van der Waals surface area contributed by atoms with Crippen LogP contribution in [0.15, 0.2) is 12.1 Å². The van der Waals surface area contributed by atoms with Gasteiger partial charge in [-0.1, -0.05) is 6.92 Å². The Morgan fingerprint density at radius 3 is 2.87 bits per heavy atom. The summed E-state index contributed by atoms with van der Waals surface area (Å²) in [5.41, 5.74) is 1.75. The molecule has 0 radical (unpaired) electrons. The van der Waals surface area contributed by atoms with Crippen molar-refractivity contribution in [1.29, 1.82) is 0 Å². The fraction of sp³-hybridized carbons (Fsp3) is 0.500. The molecule has 82 valence electrons. The van der Waals surface area contributed by atoms with Crippen molar-refractivity contribution in [2.75, 3.05) is 6.54 Å². The fourth-order valence-corrected chi connectivity index (χ4v) is 2.05. The summed E-state index contributed by atoms with van der Waals surface area (Å²) in [6.07, 6.45) is 0.0705.